The van der Waals surface area contributed by atoms with Gasteiger partial charge in [-0.3, -0.25) is 19.3 Å². The van der Waals surface area contributed by atoms with E-state index in [1.54, 1.807) is 6.08 Å². The number of hydrogen-bond donors (Lipinski definition) is 2. The van der Waals surface area contributed by atoms with Crippen LogP contribution in [-0.4, -0.2) is 26.9 Å². The molecule has 5 nitrogen and oxygen atoms in total. The van der Waals surface area contributed by atoms with Crippen LogP contribution in [0.4, 0.5) is 0 Å². The highest BCUT2D eigenvalue weighted by molar-refractivity contribution is 7.71. The first kappa shape index (κ1) is 14.4. The van der Waals surface area contributed by atoms with Crippen LogP contribution in [0.5, 0.6) is 5.88 Å². The molecule has 1 atom stereocenters. The summed E-state index contributed by atoms with van der Waals surface area (Å²) in [4.78, 5) is 18.4. The van der Waals surface area contributed by atoms with Gasteiger partial charge in [-0.2, -0.15) is 0 Å². The van der Waals surface area contributed by atoms with Crippen molar-refractivity contribution in [2.24, 2.45) is 4.99 Å². The molecule has 0 aromatic carbocycles. The van der Waals surface area contributed by atoms with Gasteiger partial charge in [-0.15, -0.1) is 6.58 Å². The number of H-pyrrole nitrogens is 1. The lowest BCUT2D eigenvalue weighted by Gasteiger charge is -2.08. The second-order valence-electron chi connectivity index (χ2n) is 3.93. The summed E-state index contributed by atoms with van der Waals surface area (Å²) in [6.07, 6.45) is 3.83. The van der Waals surface area contributed by atoms with Crippen LogP contribution in [0.1, 0.15) is 25.8 Å². The lowest BCUT2D eigenvalue weighted by atomic mass is 10.2. The number of nitrogens with one attached hydrogen (secondary N) is 1. The van der Waals surface area contributed by atoms with Crippen molar-refractivity contribution >= 4 is 18.4 Å². The lowest BCUT2D eigenvalue weighted by Crippen LogP contribution is -2.18. The van der Waals surface area contributed by atoms with Gasteiger partial charge in [0, 0.05) is 18.8 Å². The molecule has 0 amide bonds. The molecule has 0 unspecified atom stereocenters. The van der Waals surface area contributed by atoms with Gasteiger partial charge in [0.1, 0.15) is 5.56 Å². The average Bonchev–Trinajstić information content (AvgIpc) is 2.33. The van der Waals surface area contributed by atoms with E-state index >= 15 is 0 Å². The van der Waals surface area contributed by atoms with Crippen LogP contribution in [0.25, 0.3) is 0 Å². The molecule has 0 aliphatic rings. The van der Waals surface area contributed by atoms with Gasteiger partial charge >= 0.3 is 0 Å². The first-order valence-electron chi connectivity index (χ1n) is 5.71. The zero-order valence-electron chi connectivity index (χ0n) is 10.5. The Bertz CT molecular complexity index is 572. The second kappa shape index (κ2) is 6.30. The molecule has 0 saturated carbocycles. The molecule has 0 fully saturated rings. The van der Waals surface area contributed by atoms with E-state index in [1.165, 1.54) is 10.8 Å². The first-order valence-corrected chi connectivity index (χ1v) is 6.12. The molecule has 18 heavy (non-hydrogen) atoms. The van der Waals surface area contributed by atoms with Crippen LogP contribution in [0.3, 0.4) is 0 Å². The molecule has 1 aromatic rings. The highest BCUT2D eigenvalue weighted by Gasteiger charge is 2.10. The predicted octanol–water partition coefficient (Wildman–Crippen LogP) is 2.01. The fourth-order valence-corrected chi connectivity index (χ4v) is 1.55. The van der Waals surface area contributed by atoms with Crippen LogP contribution < -0.4 is 5.56 Å². The highest BCUT2D eigenvalue weighted by Crippen LogP contribution is 2.11. The van der Waals surface area contributed by atoms with E-state index in [-0.39, 0.29) is 22.3 Å². The topological polar surface area (TPSA) is 70.4 Å². The number of aromatic nitrogens is 2. The Morgan fingerprint density at radius 2 is 2.33 bits per heavy atom. The van der Waals surface area contributed by atoms with E-state index in [4.69, 9.17) is 12.2 Å². The minimum atomic E-state index is -0.440. The summed E-state index contributed by atoms with van der Waals surface area (Å²) in [5.41, 5.74) is -0.324. The summed E-state index contributed by atoms with van der Waals surface area (Å²) < 4.78 is 1.56. The molecule has 0 radical (unpaired) electrons. The maximum atomic E-state index is 11.7. The third kappa shape index (κ3) is 3.16. The standard InChI is InChI=1S/C12H17N3O2S/c1-4-6-15-11(17)9(7-13-8(3)5-2)10(16)14-12(15)18/h4,7-8,17H,1,5-6H2,2-3H3,(H,14,16,18)/t8-/m1/s1. The summed E-state index contributed by atoms with van der Waals surface area (Å²) >= 11 is 4.97. The number of aromatic hydroxyl groups is 1. The first-order chi connectivity index (χ1) is 8.51. The maximum absolute atomic E-state index is 11.7. The van der Waals surface area contributed by atoms with Crippen LogP contribution in [0.15, 0.2) is 22.4 Å². The Labute approximate surface area is 111 Å². The molecule has 1 heterocycles. The summed E-state index contributed by atoms with van der Waals surface area (Å²) in [7, 11) is 0. The van der Waals surface area contributed by atoms with Gasteiger partial charge in [0.05, 0.1) is 0 Å². The Hall–Kier alpha value is -1.69. The Kier molecular flexibility index (Phi) is 5.03. The molecular formula is C12H17N3O2S. The number of hydrogen-bond acceptors (Lipinski definition) is 4. The zero-order valence-corrected chi connectivity index (χ0v) is 11.3. The highest BCUT2D eigenvalue weighted by atomic mass is 32.1. The van der Waals surface area contributed by atoms with Crippen molar-refractivity contribution in [1.82, 2.24) is 9.55 Å². The van der Waals surface area contributed by atoms with Crippen LogP contribution >= 0.6 is 12.2 Å². The fourth-order valence-electron chi connectivity index (χ4n) is 1.30. The van der Waals surface area contributed by atoms with E-state index in [9.17, 15) is 9.90 Å². The molecule has 0 aliphatic heterocycles. The van der Waals surface area contributed by atoms with Crippen LogP contribution in [0.2, 0.25) is 0 Å². The van der Waals surface area contributed by atoms with Gasteiger partial charge in [0.2, 0.25) is 5.88 Å². The van der Waals surface area contributed by atoms with Gasteiger partial charge in [-0.05, 0) is 25.6 Å². The minimum absolute atomic E-state index is 0.0971. The minimum Gasteiger partial charge on any atom is -0.494 e. The molecule has 0 bridgehead atoms. The van der Waals surface area contributed by atoms with E-state index < -0.39 is 5.56 Å². The molecule has 98 valence electrons. The number of aliphatic imine (C=N–C) groups is 1. The molecule has 0 spiro atoms. The number of rotatable bonds is 5. The SMILES string of the molecule is C=CCn1c(O)c(C=N[C@H](C)CC)c(=O)[nH]c1=S. The van der Waals surface area contributed by atoms with Gasteiger partial charge < -0.3 is 5.11 Å². The Morgan fingerprint density at radius 1 is 1.67 bits per heavy atom. The molecule has 0 aliphatic carbocycles. The van der Waals surface area contributed by atoms with Crippen molar-refractivity contribution in [3.63, 3.8) is 0 Å². The quantitative estimate of drug-likeness (QED) is 0.487. The van der Waals surface area contributed by atoms with Crippen LogP contribution in [-0.2, 0) is 6.54 Å². The second-order valence-corrected chi connectivity index (χ2v) is 4.32. The molecule has 6 heteroatoms. The fraction of sp³-hybridized carbons (Fsp3) is 0.417. The molecule has 2 N–H and O–H groups in total. The molecule has 0 saturated heterocycles. The van der Waals surface area contributed by atoms with Crippen molar-refractivity contribution in [2.75, 3.05) is 0 Å². The predicted molar refractivity (Wildman–Crippen MR) is 75.1 cm³/mol. The zero-order chi connectivity index (χ0) is 13.7. The average molecular weight is 267 g/mol. The molecular weight excluding hydrogens is 250 g/mol. The number of aromatic amines is 1. The van der Waals surface area contributed by atoms with Gasteiger partial charge in [0.15, 0.2) is 4.77 Å². The normalized spacial score (nSPS) is 12.8. The Morgan fingerprint density at radius 3 is 2.89 bits per heavy atom. The van der Waals surface area contributed by atoms with Gasteiger partial charge in [-0.25, -0.2) is 0 Å². The van der Waals surface area contributed by atoms with Crippen LogP contribution in [0, 0.1) is 4.77 Å². The third-order valence-electron chi connectivity index (χ3n) is 2.57. The maximum Gasteiger partial charge on any atom is 0.264 e. The summed E-state index contributed by atoms with van der Waals surface area (Å²) in [6, 6.07) is 0.0971. The van der Waals surface area contributed by atoms with Gasteiger partial charge in [-0.1, -0.05) is 13.0 Å². The third-order valence-corrected chi connectivity index (χ3v) is 2.89. The number of allylic oxidation sites excluding steroid dienone is 1. The Balaban J connectivity index is 3.32. The summed E-state index contributed by atoms with van der Waals surface area (Å²) in [5, 5.41) is 10.0. The van der Waals surface area contributed by atoms with Crippen molar-refractivity contribution < 1.29 is 5.11 Å². The monoisotopic (exact) mass is 267 g/mol. The van der Waals surface area contributed by atoms with Crippen molar-refractivity contribution in [3.05, 3.63) is 33.3 Å². The number of nitrogens with zero attached hydrogens (tertiary/aromatic N) is 2. The van der Waals surface area contributed by atoms with Crippen molar-refractivity contribution in [1.29, 1.82) is 0 Å². The largest absolute Gasteiger partial charge is 0.494 e. The van der Waals surface area contributed by atoms with E-state index in [0.717, 1.165) is 6.42 Å². The lowest BCUT2D eigenvalue weighted by molar-refractivity contribution is 0.413. The summed E-state index contributed by atoms with van der Waals surface area (Å²) in [5.74, 6) is -0.185. The van der Waals surface area contributed by atoms with E-state index in [2.05, 4.69) is 16.6 Å². The summed E-state index contributed by atoms with van der Waals surface area (Å²) in [6.45, 7) is 7.83. The van der Waals surface area contributed by atoms with Crippen molar-refractivity contribution in [2.45, 2.75) is 32.9 Å². The van der Waals surface area contributed by atoms with Crippen molar-refractivity contribution in [3.8, 4) is 5.88 Å². The van der Waals surface area contributed by atoms with Gasteiger partial charge in [0.25, 0.3) is 5.56 Å². The molecule has 1 rings (SSSR count). The molecule has 1 aromatic heterocycles. The van der Waals surface area contributed by atoms with E-state index in [0.29, 0.717) is 6.54 Å². The smallest absolute Gasteiger partial charge is 0.264 e. The van der Waals surface area contributed by atoms with E-state index in [1.807, 2.05) is 13.8 Å².